The minimum absolute atomic E-state index is 0.0590. The molecule has 0 bridgehead atoms. The Hall–Kier alpha value is -2.57. The Balaban J connectivity index is 1.25. The van der Waals surface area contributed by atoms with Gasteiger partial charge in [0.2, 0.25) is 5.95 Å². The number of amides is 2. The van der Waals surface area contributed by atoms with Crippen molar-refractivity contribution in [3.05, 3.63) is 44.8 Å². The molecule has 1 aromatic carbocycles. The van der Waals surface area contributed by atoms with E-state index in [-0.39, 0.29) is 37.6 Å². The van der Waals surface area contributed by atoms with Crippen LogP contribution in [-0.4, -0.2) is 53.9 Å². The molecule has 2 N–H and O–H groups in total. The first-order valence-electron chi connectivity index (χ1n) is 12.3. The first kappa shape index (κ1) is 25.1. The number of hydrazine groups is 1. The summed E-state index contributed by atoms with van der Waals surface area (Å²) in [5.41, 5.74) is 7.44. The van der Waals surface area contributed by atoms with Crippen LogP contribution >= 0.6 is 22.6 Å². The van der Waals surface area contributed by atoms with E-state index in [0.29, 0.717) is 16.7 Å². The largest absolute Gasteiger partial charge is 0.371 e. The smallest absolute Gasteiger partial charge is 0.288 e. The van der Waals surface area contributed by atoms with Gasteiger partial charge in [-0.15, -0.1) is 0 Å². The summed E-state index contributed by atoms with van der Waals surface area (Å²) in [6, 6.07) is 7.15. The molecule has 3 heterocycles. The van der Waals surface area contributed by atoms with Crippen molar-refractivity contribution < 1.29 is 18.4 Å². The van der Waals surface area contributed by atoms with E-state index < -0.39 is 17.7 Å². The number of carbonyl (C=O) groups is 2. The van der Waals surface area contributed by atoms with Crippen LogP contribution in [0.3, 0.4) is 0 Å². The highest BCUT2D eigenvalue weighted by Gasteiger charge is 2.44. The van der Waals surface area contributed by atoms with Crippen LogP contribution in [0, 0.1) is 15.9 Å². The highest BCUT2D eigenvalue weighted by Crippen LogP contribution is 2.54. The van der Waals surface area contributed by atoms with Gasteiger partial charge in [-0.05, 0) is 84.9 Å². The van der Waals surface area contributed by atoms with E-state index in [1.807, 2.05) is 12.1 Å². The number of rotatable bonds is 4. The standard InChI is InChI=1S/C25H29F2IN6O2/c1-16-14-19(30-23(29-16)34-12-8-25(26,27)9-13-34)22(36)32-31-21(35)18-3-2-17(28)15-20(18)33-10-6-24(4-5-24)7-11-33/h2-3,14-15H,4-13H2,1H3,(H,31,35)(H,32,36). The molecule has 8 nitrogen and oxygen atoms in total. The molecule has 1 aliphatic carbocycles. The summed E-state index contributed by atoms with van der Waals surface area (Å²) in [6.45, 7) is 3.76. The van der Waals surface area contributed by atoms with Gasteiger partial charge in [0.05, 0.1) is 11.3 Å². The second-order valence-electron chi connectivity index (χ2n) is 10.1. The van der Waals surface area contributed by atoms with Crippen molar-refractivity contribution in [3.63, 3.8) is 0 Å². The third-order valence-electron chi connectivity index (χ3n) is 7.47. The normalized spacial score (nSPS) is 20.2. The molecule has 0 unspecified atom stereocenters. The van der Waals surface area contributed by atoms with Gasteiger partial charge in [-0.2, -0.15) is 0 Å². The zero-order chi connectivity index (χ0) is 25.5. The molecule has 2 saturated heterocycles. The predicted octanol–water partition coefficient (Wildman–Crippen LogP) is 4.08. The van der Waals surface area contributed by atoms with Crippen LogP contribution in [0.15, 0.2) is 24.3 Å². The van der Waals surface area contributed by atoms with Gasteiger partial charge in [0.1, 0.15) is 5.69 Å². The lowest BCUT2D eigenvalue weighted by Crippen LogP contribution is -2.43. The molecular formula is C25H29F2IN6O2. The molecule has 2 amide bonds. The summed E-state index contributed by atoms with van der Waals surface area (Å²) < 4.78 is 28.1. The lowest BCUT2D eigenvalue weighted by Gasteiger charge is -2.35. The van der Waals surface area contributed by atoms with E-state index in [9.17, 15) is 18.4 Å². The number of carbonyl (C=O) groups excluding carboxylic acids is 2. The van der Waals surface area contributed by atoms with Gasteiger partial charge in [0, 0.05) is 48.3 Å². The predicted molar refractivity (Wildman–Crippen MR) is 140 cm³/mol. The monoisotopic (exact) mass is 610 g/mol. The number of anilines is 2. The number of aryl methyl sites for hydroxylation is 1. The van der Waals surface area contributed by atoms with E-state index in [0.717, 1.165) is 35.2 Å². The summed E-state index contributed by atoms with van der Waals surface area (Å²) in [6.07, 6.45) is 4.33. The molecule has 1 saturated carbocycles. The molecular weight excluding hydrogens is 581 g/mol. The van der Waals surface area contributed by atoms with E-state index in [4.69, 9.17) is 0 Å². The Bertz CT molecular complexity index is 1170. The van der Waals surface area contributed by atoms with Crippen molar-refractivity contribution in [2.24, 2.45) is 5.41 Å². The average Bonchev–Trinajstić information content (AvgIpc) is 3.61. The number of nitrogens with zero attached hydrogens (tertiary/aromatic N) is 4. The molecule has 1 spiro atoms. The molecule has 2 aliphatic heterocycles. The molecule has 192 valence electrons. The molecule has 11 heteroatoms. The number of alkyl halides is 2. The second-order valence-corrected chi connectivity index (χ2v) is 11.3. The maximum atomic E-state index is 13.5. The fourth-order valence-corrected chi connectivity index (χ4v) is 5.42. The Kier molecular flexibility index (Phi) is 6.77. The van der Waals surface area contributed by atoms with Gasteiger partial charge in [-0.25, -0.2) is 18.7 Å². The summed E-state index contributed by atoms with van der Waals surface area (Å²) >= 11 is 2.24. The van der Waals surface area contributed by atoms with Crippen LogP contribution < -0.4 is 20.7 Å². The Morgan fingerprint density at radius 1 is 0.889 bits per heavy atom. The van der Waals surface area contributed by atoms with Gasteiger partial charge in [0.25, 0.3) is 17.7 Å². The highest BCUT2D eigenvalue weighted by atomic mass is 127. The van der Waals surface area contributed by atoms with E-state index in [2.05, 4.69) is 48.3 Å². The minimum Gasteiger partial charge on any atom is -0.371 e. The minimum atomic E-state index is -2.69. The Morgan fingerprint density at radius 3 is 2.19 bits per heavy atom. The third kappa shape index (κ3) is 5.55. The van der Waals surface area contributed by atoms with Gasteiger partial charge >= 0.3 is 0 Å². The van der Waals surface area contributed by atoms with Crippen molar-refractivity contribution in [1.29, 1.82) is 0 Å². The maximum absolute atomic E-state index is 13.5. The van der Waals surface area contributed by atoms with Crippen LogP contribution in [0.4, 0.5) is 20.4 Å². The van der Waals surface area contributed by atoms with E-state index in [1.165, 1.54) is 18.9 Å². The number of benzene rings is 1. The summed E-state index contributed by atoms with van der Waals surface area (Å²) in [7, 11) is 0. The number of aromatic nitrogens is 2. The summed E-state index contributed by atoms with van der Waals surface area (Å²) in [5.74, 6) is -3.46. The highest BCUT2D eigenvalue weighted by molar-refractivity contribution is 14.1. The summed E-state index contributed by atoms with van der Waals surface area (Å²) in [4.78, 5) is 38.4. The first-order valence-corrected chi connectivity index (χ1v) is 13.3. The molecule has 36 heavy (non-hydrogen) atoms. The van der Waals surface area contributed by atoms with Crippen LogP contribution in [0.25, 0.3) is 0 Å². The Morgan fingerprint density at radius 2 is 1.53 bits per heavy atom. The molecule has 5 rings (SSSR count). The number of hydrogen-bond donors (Lipinski definition) is 2. The lowest BCUT2D eigenvalue weighted by atomic mass is 9.93. The zero-order valence-electron chi connectivity index (χ0n) is 20.1. The molecule has 3 aliphatic rings. The van der Waals surface area contributed by atoms with Gasteiger partial charge in [-0.1, -0.05) is 0 Å². The van der Waals surface area contributed by atoms with E-state index in [1.54, 1.807) is 17.9 Å². The number of nitrogens with one attached hydrogen (secondary N) is 2. The van der Waals surface area contributed by atoms with Crippen LogP contribution in [-0.2, 0) is 0 Å². The van der Waals surface area contributed by atoms with Crippen molar-refractivity contribution >= 4 is 46.0 Å². The van der Waals surface area contributed by atoms with Gasteiger partial charge in [-0.3, -0.25) is 20.4 Å². The average molecular weight is 610 g/mol. The Labute approximate surface area is 222 Å². The van der Waals surface area contributed by atoms with Crippen molar-refractivity contribution in [2.45, 2.75) is 51.4 Å². The van der Waals surface area contributed by atoms with Crippen LogP contribution in [0.1, 0.15) is 65.1 Å². The third-order valence-corrected chi connectivity index (χ3v) is 8.14. The first-order chi connectivity index (χ1) is 17.1. The number of piperidine rings is 2. The number of hydrogen-bond acceptors (Lipinski definition) is 6. The second kappa shape index (κ2) is 9.71. The lowest BCUT2D eigenvalue weighted by molar-refractivity contribution is -0.0222. The van der Waals surface area contributed by atoms with Crippen molar-refractivity contribution in [1.82, 2.24) is 20.8 Å². The van der Waals surface area contributed by atoms with E-state index >= 15 is 0 Å². The van der Waals surface area contributed by atoms with Crippen LogP contribution in [0.5, 0.6) is 0 Å². The number of halogens is 3. The maximum Gasteiger partial charge on any atom is 0.288 e. The molecule has 0 atom stereocenters. The molecule has 1 aromatic heterocycles. The quantitative estimate of drug-likeness (QED) is 0.401. The van der Waals surface area contributed by atoms with Crippen molar-refractivity contribution in [2.75, 3.05) is 36.0 Å². The molecule has 2 aromatic rings. The van der Waals surface area contributed by atoms with Crippen molar-refractivity contribution in [3.8, 4) is 0 Å². The van der Waals surface area contributed by atoms with Gasteiger partial charge < -0.3 is 9.80 Å². The zero-order valence-corrected chi connectivity index (χ0v) is 22.3. The SMILES string of the molecule is Cc1cc(C(=O)NNC(=O)c2ccc(I)cc2N2CCC3(CC2)CC3)nc(N2CCC(F)(F)CC2)n1. The fourth-order valence-electron chi connectivity index (χ4n) is 4.95. The topological polar surface area (TPSA) is 90.5 Å². The molecule has 3 fully saturated rings. The van der Waals surface area contributed by atoms with Crippen LogP contribution in [0.2, 0.25) is 0 Å². The molecule has 0 radical (unpaired) electrons. The fraction of sp³-hybridized carbons (Fsp3) is 0.520. The summed E-state index contributed by atoms with van der Waals surface area (Å²) in [5, 5.41) is 0. The van der Waals surface area contributed by atoms with Gasteiger partial charge in [0.15, 0.2) is 0 Å².